The van der Waals surface area contributed by atoms with Crippen LogP contribution in [0, 0.1) is 0 Å². The number of carbonyl (C=O) groups is 2. The minimum Gasteiger partial charge on any atom is -0.468 e. The molecule has 1 aliphatic carbocycles. The molecule has 1 aromatic carbocycles. The third-order valence-corrected chi connectivity index (χ3v) is 3.68. The van der Waals surface area contributed by atoms with Gasteiger partial charge < -0.3 is 20.5 Å². The van der Waals surface area contributed by atoms with Gasteiger partial charge in [0.05, 0.1) is 7.11 Å². The number of alkyl carbamates (subject to hydrolysis) is 1. The standard InChI is InChI=1S/C15H20N2O4/c1-20-13(18)15(16)8-7-12(9-15)17-14(19)21-10-11-5-3-2-4-6-11/h2-6,12H,7-10,16H2,1H3,(H,17,19). The number of nitrogens with two attached hydrogens (primary N) is 1. The van der Waals surface area contributed by atoms with Crippen molar-refractivity contribution in [2.75, 3.05) is 7.11 Å². The lowest BCUT2D eigenvalue weighted by Crippen LogP contribution is -2.48. The van der Waals surface area contributed by atoms with Crippen molar-refractivity contribution in [3.63, 3.8) is 0 Å². The molecule has 0 radical (unpaired) electrons. The molecule has 0 aliphatic heterocycles. The van der Waals surface area contributed by atoms with Gasteiger partial charge in [0.25, 0.3) is 0 Å². The summed E-state index contributed by atoms with van der Waals surface area (Å²) in [6.45, 7) is 0.212. The molecule has 114 valence electrons. The summed E-state index contributed by atoms with van der Waals surface area (Å²) in [6, 6.07) is 9.25. The highest BCUT2D eigenvalue weighted by molar-refractivity contribution is 5.81. The van der Waals surface area contributed by atoms with Gasteiger partial charge in [-0.2, -0.15) is 0 Å². The van der Waals surface area contributed by atoms with Crippen LogP contribution in [0.25, 0.3) is 0 Å². The molecular weight excluding hydrogens is 272 g/mol. The molecule has 0 heterocycles. The molecule has 1 aromatic rings. The van der Waals surface area contributed by atoms with E-state index in [0.29, 0.717) is 19.3 Å². The van der Waals surface area contributed by atoms with Crippen molar-refractivity contribution in [2.45, 2.75) is 37.5 Å². The van der Waals surface area contributed by atoms with Crippen molar-refractivity contribution in [1.29, 1.82) is 0 Å². The molecule has 1 aliphatic rings. The first kappa shape index (κ1) is 15.3. The van der Waals surface area contributed by atoms with Crippen molar-refractivity contribution in [2.24, 2.45) is 5.73 Å². The predicted molar refractivity (Wildman–Crippen MR) is 76.3 cm³/mol. The second-order valence-corrected chi connectivity index (χ2v) is 5.29. The van der Waals surface area contributed by atoms with Crippen LogP contribution >= 0.6 is 0 Å². The number of esters is 1. The Bertz CT molecular complexity index is 506. The number of rotatable bonds is 4. The Morgan fingerprint density at radius 1 is 1.38 bits per heavy atom. The molecule has 6 nitrogen and oxygen atoms in total. The molecule has 0 saturated heterocycles. The normalized spacial score (nSPS) is 24.4. The van der Waals surface area contributed by atoms with E-state index in [1.165, 1.54) is 7.11 Å². The molecule has 0 aromatic heterocycles. The van der Waals surface area contributed by atoms with Gasteiger partial charge in [0.2, 0.25) is 0 Å². The van der Waals surface area contributed by atoms with Crippen LogP contribution in [0.5, 0.6) is 0 Å². The highest BCUT2D eigenvalue weighted by Crippen LogP contribution is 2.28. The molecule has 1 saturated carbocycles. The lowest BCUT2D eigenvalue weighted by Gasteiger charge is -2.20. The van der Waals surface area contributed by atoms with Gasteiger partial charge in [-0.3, -0.25) is 4.79 Å². The Morgan fingerprint density at radius 3 is 2.76 bits per heavy atom. The fraction of sp³-hybridized carbons (Fsp3) is 0.467. The number of benzene rings is 1. The van der Waals surface area contributed by atoms with Crippen molar-refractivity contribution in [3.05, 3.63) is 35.9 Å². The smallest absolute Gasteiger partial charge is 0.407 e. The van der Waals surface area contributed by atoms with E-state index in [4.69, 9.17) is 10.5 Å². The zero-order chi connectivity index (χ0) is 15.3. The molecule has 2 atom stereocenters. The summed E-state index contributed by atoms with van der Waals surface area (Å²) >= 11 is 0. The number of methoxy groups -OCH3 is 1. The van der Waals surface area contributed by atoms with Crippen LogP contribution in [-0.2, 0) is 20.9 Å². The van der Waals surface area contributed by atoms with E-state index in [1.807, 2.05) is 30.3 Å². The highest BCUT2D eigenvalue weighted by atomic mass is 16.5. The summed E-state index contributed by atoms with van der Waals surface area (Å²) in [4.78, 5) is 23.3. The maximum atomic E-state index is 11.7. The zero-order valence-corrected chi connectivity index (χ0v) is 12.0. The molecule has 0 spiro atoms. The van der Waals surface area contributed by atoms with E-state index >= 15 is 0 Å². The van der Waals surface area contributed by atoms with Gasteiger partial charge in [-0.1, -0.05) is 30.3 Å². The molecule has 3 N–H and O–H groups in total. The second kappa shape index (κ2) is 6.58. The number of hydrogen-bond acceptors (Lipinski definition) is 5. The number of ether oxygens (including phenoxy) is 2. The summed E-state index contributed by atoms with van der Waals surface area (Å²) in [6.07, 6.45) is 0.980. The van der Waals surface area contributed by atoms with Gasteiger partial charge in [0.1, 0.15) is 12.1 Å². The van der Waals surface area contributed by atoms with Gasteiger partial charge in [-0.15, -0.1) is 0 Å². The average molecular weight is 292 g/mol. The topological polar surface area (TPSA) is 90.6 Å². The fourth-order valence-corrected chi connectivity index (χ4v) is 2.52. The SMILES string of the molecule is COC(=O)C1(N)CCC(NC(=O)OCc2ccccc2)C1. The van der Waals surface area contributed by atoms with Gasteiger partial charge in [-0.05, 0) is 24.8 Å². The second-order valence-electron chi connectivity index (χ2n) is 5.29. The van der Waals surface area contributed by atoms with Crippen LogP contribution < -0.4 is 11.1 Å². The summed E-state index contributed by atoms with van der Waals surface area (Å²) < 4.78 is 9.83. The quantitative estimate of drug-likeness (QED) is 0.817. The Hall–Kier alpha value is -2.08. The fourth-order valence-electron chi connectivity index (χ4n) is 2.52. The monoisotopic (exact) mass is 292 g/mol. The van der Waals surface area contributed by atoms with E-state index in [-0.39, 0.29) is 12.6 Å². The number of carbonyl (C=O) groups excluding carboxylic acids is 2. The van der Waals surface area contributed by atoms with Crippen LogP contribution in [0.15, 0.2) is 30.3 Å². The van der Waals surface area contributed by atoms with Crippen molar-refractivity contribution >= 4 is 12.1 Å². The highest BCUT2D eigenvalue weighted by Gasteiger charge is 2.43. The van der Waals surface area contributed by atoms with E-state index in [0.717, 1.165) is 5.56 Å². The van der Waals surface area contributed by atoms with Crippen molar-refractivity contribution in [3.8, 4) is 0 Å². The van der Waals surface area contributed by atoms with E-state index < -0.39 is 17.6 Å². The molecule has 6 heteroatoms. The van der Waals surface area contributed by atoms with Gasteiger partial charge in [0, 0.05) is 6.04 Å². The van der Waals surface area contributed by atoms with E-state index in [9.17, 15) is 9.59 Å². The molecule has 21 heavy (non-hydrogen) atoms. The Labute approximate surface area is 123 Å². The summed E-state index contributed by atoms with van der Waals surface area (Å²) in [5.74, 6) is -0.440. The third kappa shape index (κ3) is 3.95. The molecule has 2 rings (SSSR count). The lowest BCUT2D eigenvalue weighted by molar-refractivity contribution is -0.146. The molecular formula is C15H20N2O4. The molecule has 1 fully saturated rings. The minimum absolute atomic E-state index is 0.169. The van der Waals surface area contributed by atoms with Crippen LogP contribution in [0.4, 0.5) is 4.79 Å². The van der Waals surface area contributed by atoms with E-state index in [2.05, 4.69) is 10.1 Å². The first-order valence-electron chi connectivity index (χ1n) is 6.88. The van der Waals surface area contributed by atoms with Crippen LogP contribution in [0.2, 0.25) is 0 Å². The molecule has 0 bridgehead atoms. The van der Waals surface area contributed by atoms with Crippen LogP contribution in [0.1, 0.15) is 24.8 Å². The average Bonchev–Trinajstić information content (AvgIpc) is 2.88. The van der Waals surface area contributed by atoms with Gasteiger partial charge in [0.15, 0.2) is 0 Å². The lowest BCUT2D eigenvalue weighted by atomic mass is 9.99. The summed E-state index contributed by atoms with van der Waals surface area (Å²) in [5.41, 5.74) is 5.89. The summed E-state index contributed by atoms with van der Waals surface area (Å²) in [7, 11) is 1.31. The van der Waals surface area contributed by atoms with Gasteiger partial charge in [-0.25, -0.2) is 4.79 Å². The first-order valence-corrected chi connectivity index (χ1v) is 6.88. The molecule has 2 unspecified atom stereocenters. The van der Waals surface area contributed by atoms with Crippen molar-refractivity contribution in [1.82, 2.24) is 5.32 Å². The minimum atomic E-state index is -1.01. The van der Waals surface area contributed by atoms with Crippen molar-refractivity contribution < 1.29 is 19.1 Å². The first-order chi connectivity index (χ1) is 10.0. The van der Waals surface area contributed by atoms with E-state index in [1.54, 1.807) is 0 Å². The van der Waals surface area contributed by atoms with Crippen LogP contribution in [0.3, 0.4) is 0 Å². The van der Waals surface area contributed by atoms with Gasteiger partial charge >= 0.3 is 12.1 Å². The Kier molecular flexibility index (Phi) is 4.80. The Balaban J connectivity index is 1.78. The number of nitrogens with one attached hydrogen (secondary N) is 1. The molecule has 1 amide bonds. The van der Waals surface area contributed by atoms with Crippen LogP contribution in [-0.4, -0.2) is 30.8 Å². The maximum Gasteiger partial charge on any atom is 0.407 e. The Morgan fingerprint density at radius 2 is 2.10 bits per heavy atom. The number of amides is 1. The summed E-state index contributed by atoms with van der Waals surface area (Å²) in [5, 5.41) is 2.73. The predicted octanol–water partition coefficient (Wildman–Crippen LogP) is 1.34. The third-order valence-electron chi connectivity index (χ3n) is 3.68. The zero-order valence-electron chi connectivity index (χ0n) is 12.0. The largest absolute Gasteiger partial charge is 0.468 e. The maximum absolute atomic E-state index is 11.7. The number of hydrogen-bond donors (Lipinski definition) is 2.